The molecule has 1 rings (SSSR count). The SMILES string of the molecule is CNc1cc(NC(CCO)C(C)(C)C)nc(SC)n1. The zero-order valence-electron chi connectivity index (χ0n) is 12.3. The van der Waals surface area contributed by atoms with Crippen LogP contribution < -0.4 is 10.6 Å². The van der Waals surface area contributed by atoms with Crippen molar-refractivity contribution in [3.8, 4) is 0 Å². The van der Waals surface area contributed by atoms with E-state index in [9.17, 15) is 5.11 Å². The first-order valence-corrected chi connectivity index (χ1v) is 7.61. The van der Waals surface area contributed by atoms with Gasteiger partial charge in [0.2, 0.25) is 0 Å². The van der Waals surface area contributed by atoms with Crippen LogP contribution in [0.3, 0.4) is 0 Å². The minimum Gasteiger partial charge on any atom is -0.396 e. The van der Waals surface area contributed by atoms with Gasteiger partial charge in [-0.1, -0.05) is 32.5 Å². The molecule has 1 heterocycles. The van der Waals surface area contributed by atoms with E-state index in [2.05, 4.69) is 41.4 Å². The van der Waals surface area contributed by atoms with E-state index in [0.717, 1.165) is 16.8 Å². The summed E-state index contributed by atoms with van der Waals surface area (Å²) in [5.41, 5.74) is 0.0486. The molecule has 0 aliphatic carbocycles. The molecule has 0 aliphatic rings. The number of rotatable bonds is 6. The van der Waals surface area contributed by atoms with Gasteiger partial charge >= 0.3 is 0 Å². The fourth-order valence-electron chi connectivity index (χ4n) is 1.75. The van der Waals surface area contributed by atoms with Crippen LogP contribution >= 0.6 is 11.8 Å². The van der Waals surface area contributed by atoms with Gasteiger partial charge in [0, 0.05) is 25.8 Å². The van der Waals surface area contributed by atoms with Crippen LogP contribution in [0.25, 0.3) is 0 Å². The predicted octanol–water partition coefficient (Wildman–Crippen LogP) is 2.45. The highest BCUT2D eigenvalue weighted by Crippen LogP contribution is 2.26. The molecular weight excluding hydrogens is 260 g/mol. The number of hydrogen-bond donors (Lipinski definition) is 3. The van der Waals surface area contributed by atoms with E-state index in [1.54, 1.807) is 0 Å². The van der Waals surface area contributed by atoms with Gasteiger partial charge in [0.15, 0.2) is 5.16 Å². The average Bonchev–Trinajstić information content (AvgIpc) is 2.36. The molecule has 19 heavy (non-hydrogen) atoms. The van der Waals surface area contributed by atoms with Gasteiger partial charge in [0.25, 0.3) is 0 Å². The number of aliphatic hydroxyl groups is 1. The zero-order valence-corrected chi connectivity index (χ0v) is 13.1. The van der Waals surface area contributed by atoms with Gasteiger partial charge in [-0.2, -0.15) is 0 Å². The van der Waals surface area contributed by atoms with E-state index in [4.69, 9.17) is 0 Å². The van der Waals surface area contributed by atoms with Crippen LogP contribution in [0.4, 0.5) is 11.6 Å². The van der Waals surface area contributed by atoms with Crippen molar-refractivity contribution in [2.24, 2.45) is 5.41 Å². The molecule has 108 valence electrons. The van der Waals surface area contributed by atoms with Crippen molar-refractivity contribution in [3.05, 3.63) is 6.07 Å². The minimum absolute atomic E-state index is 0.0486. The molecule has 0 bridgehead atoms. The van der Waals surface area contributed by atoms with Crippen LogP contribution in [0.1, 0.15) is 27.2 Å². The molecule has 0 saturated heterocycles. The maximum absolute atomic E-state index is 9.19. The van der Waals surface area contributed by atoms with Gasteiger partial charge in [0.1, 0.15) is 11.6 Å². The summed E-state index contributed by atoms with van der Waals surface area (Å²) in [7, 11) is 1.84. The van der Waals surface area contributed by atoms with Gasteiger partial charge < -0.3 is 15.7 Å². The first-order valence-electron chi connectivity index (χ1n) is 6.39. The minimum atomic E-state index is 0.0486. The zero-order chi connectivity index (χ0) is 14.5. The Balaban J connectivity index is 2.95. The number of aliphatic hydroxyl groups excluding tert-OH is 1. The van der Waals surface area contributed by atoms with Crippen molar-refractivity contribution < 1.29 is 5.11 Å². The lowest BCUT2D eigenvalue weighted by Crippen LogP contribution is -2.35. The summed E-state index contributed by atoms with van der Waals surface area (Å²) in [6.07, 6.45) is 2.64. The Morgan fingerprint density at radius 3 is 2.42 bits per heavy atom. The van der Waals surface area contributed by atoms with Crippen LogP contribution in [-0.2, 0) is 0 Å². The second-order valence-corrected chi connectivity index (χ2v) is 6.22. The van der Waals surface area contributed by atoms with E-state index < -0.39 is 0 Å². The first kappa shape index (κ1) is 16.0. The Morgan fingerprint density at radius 2 is 1.95 bits per heavy atom. The molecule has 1 aromatic heterocycles. The van der Waals surface area contributed by atoms with E-state index in [-0.39, 0.29) is 18.1 Å². The summed E-state index contributed by atoms with van der Waals surface area (Å²) in [6.45, 7) is 6.61. The Labute approximate surface area is 119 Å². The fourth-order valence-corrected chi connectivity index (χ4v) is 2.13. The van der Waals surface area contributed by atoms with E-state index in [1.165, 1.54) is 11.8 Å². The third-order valence-corrected chi connectivity index (χ3v) is 3.48. The number of aromatic nitrogens is 2. The average molecular weight is 284 g/mol. The van der Waals surface area contributed by atoms with Crippen LogP contribution in [0, 0.1) is 5.41 Å². The Hall–Kier alpha value is -1.01. The number of anilines is 2. The van der Waals surface area contributed by atoms with Gasteiger partial charge in [-0.05, 0) is 18.1 Å². The molecule has 0 aliphatic heterocycles. The molecule has 3 N–H and O–H groups in total. The summed E-state index contributed by atoms with van der Waals surface area (Å²) in [5.74, 6) is 1.58. The number of nitrogens with zero attached hydrogens (tertiary/aromatic N) is 2. The third kappa shape index (κ3) is 4.87. The van der Waals surface area contributed by atoms with Crippen molar-refractivity contribution in [2.75, 3.05) is 30.5 Å². The molecule has 0 spiro atoms. The third-order valence-electron chi connectivity index (χ3n) is 2.93. The number of nitrogens with one attached hydrogen (secondary N) is 2. The van der Waals surface area contributed by atoms with Crippen molar-refractivity contribution in [2.45, 2.75) is 38.4 Å². The Kier molecular flexibility index (Phi) is 5.87. The van der Waals surface area contributed by atoms with Crippen LogP contribution in [-0.4, -0.2) is 41.0 Å². The summed E-state index contributed by atoms with van der Waals surface area (Å²) in [5, 5.41) is 16.4. The smallest absolute Gasteiger partial charge is 0.191 e. The van der Waals surface area contributed by atoms with Gasteiger partial charge in [0.05, 0.1) is 0 Å². The second-order valence-electron chi connectivity index (χ2n) is 5.45. The van der Waals surface area contributed by atoms with Gasteiger partial charge in [-0.15, -0.1) is 0 Å². The molecule has 5 nitrogen and oxygen atoms in total. The molecule has 0 amide bonds. The van der Waals surface area contributed by atoms with Gasteiger partial charge in [-0.3, -0.25) is 0 Å². The Morgan fingerprint density at radius 1 is 1.32 bits per heavy atom. The summed E-state index contributed by atoms with van der Waals surface area (Å²) >= 11 is 1.51. The van der Waals surface area contributed by atoms with Crippen molar-refractivity contribution >= 4 is 23.4 Å². The maximum Gasteiger partial charge on any atom is 0.191 e. The van der Waals surface area contributed by atoms with Gasteiger partial charge in [-0.25, -0.2) is 9.97 Å². The quantitative estimate of drug-likeness (QED) is 0.550. The summed E-state index contributed by atoms with van der Waals surface area (Å²) < 4.78 is 0. The lowest BCUT2D eigenvalue weighted by Gasteiger charge is -2.31. The van der Waals surface area contributed by atoms with E-state index in [0.29, 0.717) is 6.42 Å². The monoisotopic (exact) mass is 284 g/mol. The largest absolute Gasteiger partial charge is 0.396 e. The molecule has 0 fully saturated rings. The lowest BCUT2D eigenvalue weighted by molar-refractivity contribution is 0.235. The van der Waals surface area contributed by atoms with Crippen LogP contribution in [0.5, 0.6) is 0 Å². The first-order chi connectivity index (χ1) is 8.90. The van der Waals surface area contributed by atoms with Crippen molar-refractivity contribution in [3.63, 3.8) is 0 Å². The maximum atomic E-state index is 9.19. The molecule has 0 saturated carbocycles. The lowest BCUT2D eigenvalue weighted by atomic mass is 9.85. The number of thioether (sulfide) groups is 1. The molecule has 1 atom stereocenters. The van der Waals surface area contributed by atoms with Crippen LogP contribution in [0.2, 0.25) is 0 Å². The normalized spacial score (nSPS) is 13.2. The van der Waals surface area contributed by atoms with Crippen molar-refractivity contribution in [1.82, 2.24) is 9.97 Å². The second kappa shape index (κ2) is 6.96. The standard InChI is InChI=1S/C13H24N4OS/c1-13(2,3)9(6-7-18)15-11-8-10(14-4)16-12(17-11)19-5/h8-9,18H,6-7H2,1-5H3,(H2,14,15,16,17). The highest BCUT2D eigenvalue weighted by molar-refractivity contribution is 7.98. The van der Waals surface area contributed by atoms with E-state index >= 15 is 0 Å². The summed E-state index contributed by atoms with van der Waals surface area (Å²) in [4.78, 5) is 8.79. The highest BCUT2D eigenvalue weighted by atomic mass is 32.2. The fraction of sp³-hybridized carbons (Fsp3) is 0.692. The molecule has 0 aromatic carbocycles. The van der Waals surface area contributed by atoms with Crippen LogP contribution in [0.15, 0.2) is 11.2 Å². The molecule has 1 aromatic rings. The highest BCUT2D eigenvalue weighted by Gasteiger charge is 2.24. The predicted molar refractivity (Wildman–Crippen MR) is 81.9 cm³/mol. The van der Waals surface area contributed by atoms with E-state index in [1.807, 2.05) is 19.4 Å². The molecule has 1 unspecified atom stereocenters. The van der Waals surface area contributed by atoms with Crippen molar-refractivity contribution in [1.29, 1.82) is 0 Å². The topological polar surface area (TPSA) is 70.1 Å². The summed E-state index contributed by atoms with van der Waals surface area (Å²) in [6, 6.07) is 2.04. The number of hydrogen-bond acceptors (Lipinski definition) is 6. The molecule has 0 radical (unpaired) electrons. The molecular formula is C13H24N4OS. The Bertz CT molecular complexity index is 384. The molecule has 6 heteroatoms.